The van der Waals surface area contributed by atoms with Crippen molar-refractivity contribution in [3.8, 4) is 0 Å². The number of aliphatic imine (C=N–C) groups is 2. The Morgan fingerprint density at radius 1 is 1.41 bits per heavy atom. The lowest BCUT2D eigenvalue weighted by Crippen LogP contribution is -2.44. The van der Waals surface area contributed by atoms with Gasteiger partial charge in [0.2, 0.25) is 0 Å². The van der Waals surface area contributed by atoms with Crippen LogP contribution in [0.4, 0.5) is 0 Å². The quantitative estimate of drug-likeness (QED) is 0.837. The standard InChI is InChI=1S/C16H17N3O3/c20-7-8-22-16-9-14(13-4-2-1-3-12(13)11-21)18-15-10-17-5-6-19(15)16/h1-6,10-11,14,16,20H,7-9H2. The first-order chi connectivity index (χ1) is 10.8. The van der Waals surface area contributed by atoms with Crippen LogP contribution in [0.25, 0.3) is 0 Å². The van der Waals surface area contributed by atoms with Crippen molar-refractivity contribution < 1.29 is 14.6 Å². The molecule has 0 spiro atoms. The smallest absolute Gasteiger partial charge is 0.150 e. The van der Waals surface area contributed by atoms with E-state index in [1.807, 2.05) is 29.3 Å². The van der Waals surface area contributed by atoms with E-state index in [4.69, 9.17) is 9.84 Å². The number of carbonyl (C=O) groups is 1. The van der Waals surface area contributed by atoms with Crippen molar-refractivity contribution in [3.63, 3.8) is 0 Å². The van der Waals surface area contributed by atoms with Gasteiger partial charge in [0, 0.05) is 24.4 Å². The lowest BCUT2D eigenvalue weighted by atomic mass is 9.96. The summed E-state index contributed by atoms with van der Waals surface area (Å²) in [6.45, 7) is 0.214. The molecule has 0 radical (unpaired) electrons. The molecule has 0 saturated carbocycles. The zero-order valence-corrected chi connectivity index (χ0v) is 12.0. The van der Waals surface area contributed by atoms with Gasteiger partial charge in [-0.3, -0.25) is 14.8 Å². The Morgan fingerprint density at radius 3 is 3.09 bits per heavy atom. The number of carbonyl (C=O) groups excluding carboxylic acids is 1. The second kappa shape index (κ2) is 6.64. The highest BCUT2D eigenvalue weighted by Crippen LogP contribution is 2.32. The highest BCUT2D eigenvalue weighted by atomic mass is 16.5. The molecule has 2 atom stereocenters. The summed E-state index contributed by atoms with van der Waals surface area (Å²) in [7, 11) is 0. The maximum absolute atomic E-state index is 11.2. The molecule has 0 fully saturated rings. The van der Waals surface area contributed by atoms with E-state index in [0.29, 0.717) is 17.8 Å². The Labute approximate surface area is 128 Å². The van der Waals surface area contributed by atoms with Crippen molar-refractivity contribution in [2.75, 3.05) is 13.2 Å². The highest BCUT2D eigenvalue weighted by Gasteiger charge is 2.31. The highest BCUT2D eigenvalue weighted by molar-refractivity contribution is 6.30. The van der Waals surface area contributed by atoms with Crippen LogP contribution in [0.2, 0.25) is 0 Å². The van der Waals surface area contributed by atoms with Gasteiger partial charge in [0.25, 0.3) is 0 Å². The molecule has 0 aliphatic carbocycles. The minimum absolute atomic E-state index is 0.0375. The molecule has 114 valence electrons. The van der Waals surface area contributed by atoms with Crippen LogP contribution in [-0.4, -0.2) is 47.8 Å². The molecular formula is C16H17N3O3. The molecule has 2 aliphatic rings. The third-order valence-corrected chi connectivity index (χ3v) is 3.67. The van der Waals surface area contributed by atoms with Gasteiger partial charge in [0.1, 0.15) is 18.3 Å². The van der Waals surface area contributed by atoms with Crippen LogP contribution in [0.3, 0.4) is 0 Å². The number of aldehydes is 1. The predicted molar refractivity (Wildman–Crippen MR) is 82.9 cm³/mol. The van der Waals surface area contributed by atoms with E-state index in [1.165, 1.54) is 0 Å². The first-order valence-corrected chi connectivity index (χ1v) is 7.16. The Morgan fingerprint density at radius 2 is 2.27 bits per heavy atom. The number of aliphatic hydroxyl groups is 1. The van der Waals surface area contributed by atoms with Crippen molar-refractivity contribution in [2.45, 2.75) is 18.7 Å². The van der Waals surface area contributed by atoms with Crippen LogP contribution < -0.4 is 0 Å². The number of amidine groups is 1. The van der Waals surface area contributed by atoms with Crippen molar-refractivity contribution >= 4 is 18.3 Å². The molecule has 0 aromatic heterocycles. The predicted octanol–water partition coefficient (Wildman–Crippen LogP) is 1.53. The zero-order chi connectivity index (χ0) is 15.4. The second-order valence-corrected chi connectivity index (χ2v) is 5.02. The number of benzene rings is 1. The number of fused-ring (bicyclic) bond motifs is 1. The van der Waals surface area contributed by atoms with Gasteiger partial charge in [0.15, 0.2) is 0 Å². The summed E-state index contributed by atoms with van der Waals surface area (Å²) < 4.78 is 5.72. The molecule has 0 saturated heterocycles. The normalized spacial score (nSPS) is 23.1. The topological polar surface area (TPSA) is 74.5 Å². The van der Waals surface area contributed by atoms with E-state index in [2.05, 4.69) is 9.98 Å². The zero-order valence-electron chi connectivity index (χ0n) is 12.0. The molecule has 2 heterocycles. The largest absolute Gasteiger partial charge is 0.394 e. The van der Waals surface area contributed by atoms with Crippen LogP contribution in [0.5, 0.6) is 0 Å². The number of ether oxygens (including phenoxy) is 1. The van der Waals surface area contributed by atoms with E-state index in [9.17, 15) is 4.79 Å². The van der Waals surface area contributed by atoms with Crippen LogP contribution in [0.15, 0.2) is 46.7 Å². The van der Waals surface area contributed by atoms with Crippen molar-refractivity contribution in [2.24, 2.45) is 9.98 Å². The molecule has 22 heavy (non-hydrogen) atoms. The molecule has 6 heteroatoms. The van der Waals surface area contributed by atoms with Crippen molar-refractivity contribution in [1.82, 2.24) is 4.90 Å². The van der Waals surface area contributed by atoms with Gasteiger partial charge in [0.05, 0.1) is 25.5 Å². The minimum Gasteiger partial charge on any atom is -0.394 e. The maximum Gasteiger partial charge on any atom is 0.150 e. The fourth-order valence-electron chi connectivity index (χ4n) is 2.68. The molecule has 2 unspecified atom stereocenters. The van der Waals surface area contributed by atoms with Crippen LogP contribution in [0, 0.1) is 0 Å². The lowest BCUT2D eigenvalue weighted by Gasteiger charge is -2.37. The molecule has 1 aromatic carbocycles. The Hall–Kier alpha value is -2.31. The summed E-state index contributed by atoms with van der Waals surface area (Å²) in [4.78, 5) is 21.9. The SMILES string of the molecule is O=Cc1ccccc1C1CC(OCCO)N2C=CN=CC2=N1. The average Bonchev–Trinajstić information content (AvgIpc) is 2.59. The summed E-state index contributed by atoms with van der Waals surface area (Å²) in [5, 5.41) is 8.99. The molecule has 6 nitrogen and oxygen atoms in total. The first kappa shape index (κ1) is 14.6. The summed E-state index contributed by atoms with van der Waals surface area (Å²) in [6, 6.07) is 7.25. The molecule has 3 rings (SSSR count). The Kier molecular flexibility index (Phi) is 4.41. The third-order valence-electron chi connectivity index (χ3n) is 3.67. The number of hydrogen-bond donors (Lipinski definition) is 1. The minimum atomic E-state index is -0.243. The van der Waals surface area contributed by atoms with E-state index in [1.54, 1.807) is 18.5 Å². The van der Waals surface area contributed by atoms with E-state index >= 15 is 0 Å². The van der Waals surface area contributed by atoms with Gasteiger partial charge in [-0.1, -0.05) is 24.3 Å². The third kappa shape index (κ3) is 2.84. The second-order valence-electron chi connectivity index (χ2n) is 5.02. The van der Waals surface area contributed by atoms with Gasteiger partial charge in [-0.15, -0.1) is 0 Å². The summed E-state index contributed by atoms with van der Waals surface area (Å²) in [6.07, 6.45) is 6.36. The fraction of sp³-hybridized carbons (Fsp3) is 0.312. The molecule has 2 aliphatic heterocycles. The molecular weight excluding hydrogens is 282 g/mol. The van der Waals surface area contributed by atoms with E-state index < -0.39 is 0 Å². The van der Waals surface area contributed by atoms with Gasteiger partial charge in [-0.25, -0.2) is 0 Å². The number of aliphatic hydroxyl groups excluding tert-OH is 1. The molecule has 1 aromatic rings. The van der Waals surface area contributed by atoms with Gasteiger partial charge in [-0.2, -0.15) is 0 Å². The maximum atomic E-state index is 11.2. The van der Waals surface area contributed by atoms with Gasteiger partial charge in [-0.05, 0) is 5.56 Å². The first-order valence-electron chi connectivity index (χ1n) is 7.16. The van der Waals surface area contributed by atoms with Crippen molar-refractivity contribution in [1.29, 1.82) is 0 Å². The van der Waals surface area contributed by atoms with E-state index in [-0.39, 0.29) is 25.5 Å². The van der Waals surface area contributed by atoms with Crippen LogP contribution in [0.1, 0.15) is 28.4 Å². The number of hydrogen-bond acceptors (Lipinski definition) is 6. The van der Waals surface area contributed by atoms with Crippen molar-refractivity contribution in [3.05, 3.63) is 47.8 Å². The van der Waals surface area contributed by atoms with Crippen LogP contribution >= 0.6 is 0 Å². The lowest BCUT2D eigenvalue weighted by molar-refractivity contribution is -0.0359. The summed E-state index contributed by atoms with van der Waals surface area (Å²) in [5.41, 5.74) is 1.51. The van der Waals surface area contributed by atoms with Crippen LogP contribution in [-0.2, 0) is 4.74 Å². The summed E-state index contributed by atoms with van der Waals surface area (Å²) >= 11 is 0. The monoisotopic (exact) mass is 299 g/mol. The molecule has 0 amide bonds. The molecule has 0 bridgehead atoms. The fourth-order valence-corrected chi connectivity index (χ4v) is 2.68. The van der Waals surface area contributed by atoms with Gasteiger partial charge < -0.3 is 14.7 Å². The molecule has 1 N–H and O–H groups in total. The average molecular weight is 299 g/mol. The van der Waals surface area contributed by atoms with E-state index in [0.717, 1.165) is 11.8 Å². The summed E-state index contributed by atoms with van der Waals surface area (Å²) in [5.74, 6) is 0.697. The Balaban J connectivity index is 1.93. The number of rotatable bonds is 5. The van der Waals surface area contributed by atoms with Gasteiger partial charge >= 0.3 is 0 Å². The Bertz CT molecular complexity index is 639. The number of nitrogens with zero attached hydrogens (tertiary/aromatic N) is 3.